The molecule has 0 aliphatic carbocycles. The molecule has 1 amide bonds. The summed E-state index contributed by atoms with van der Waals surface area (Å²) in [5.74, 6) is -2.24. The van der Waals surface area contributed by atoms with E-state index in [9.17, 15) is 22.8 Å². The fraction of sp³-hybridized carbons (Fsp3) is 0.333. The summed E-state index contributed by atoms with van der Waals surface area (Å²) < 4.78 is 47.2. The predicted octanol–water partition coefficient (Wildman–Crippen LogP) is 1.75. The normalized spacial score (nSPS) is 12.9. The molecule has 2 heterocycles. The average Bonchev–Trinajstić information content (AvgIpc) is 3.08. The van der Waals surface area contributed by atoms with Crippen LogP contribution in [0.3, 0.4) is 0 Å². The average molecular weight is 409 g/mol. The summed E-state index contributed by atoms with van der Waals surface area (Å²) in [5, 5.41) is 6.35. The number of para-hydroxylation sites is 1. The minimum absolute atomic E-state index is 0.125. The predicted molar refractivity (Wildman–Crippen MR) is 97.6 cm³/mol. The van der Waals surface area contributed by atoms with Gasteiger partial charge >= 0.3 is 6.18 Å². The minimum Gasteiger partial charge on any atom is -0.383 e. The summed E-state index contributed by atoms with van der Waals surface area (Å²) in [6.07, 6.45) is -3.81. The Labute approximate surface area is 162 Å². The van der Waals surface area contributed by atoms with Crippen molar-refractivity contribution in [1.82, 2.24) is 24.6 Å². The van der Waals surface area contributed by atoms with Gasteiger partial charge in [0.05, 0.1) is 18.5 Å². The summed E-state index contributed by atoms with van der Waals surface area (Å²) in [6, 6.07) is 7.91. The Morgan fingerprint density at radius 3 is 2.59 bits per heavy atom. The molecule has 2 aromatic heterocycles. The first-order valence-corrected chi connectivity index (χ1v) is 8.62. The molecule has 0 saturated heterocycles. The second kappa shape index (κ2) is 8.03. The van der Waals surface area contributed by atoms with Crippen LogP contribution in [0.5, 0.6) is 0 Å². The maximum absolute atomic E-state index is 13.6. The van der Waals surface area contributed by atoms with Crippen LogP contribution in [0.25, 0.3) is 16.7 Å². The Morgan fingerprint density at radius 1 is 1.28 bits per heavy atom. The molecule has 0 saturated carbocycles. The van der Waals surface area contributed by atoms with Crippen molar-refractivity contribution in [3.05, 3.63) is 52.7 Å². The molecule has 0 aliphatic heterocycles. The quantitative estimate of drug-likeness (QED) is 0.670. The van der Waals surface area contributed by atoms with Crippen molar-refractivity contribution >= 4 is 16.9 Å². The molecule has 0 aliphatic rings. The molecule has 0 spiro atoms. The van der Waals surface area contributed by atoms with E-state index in [-0.39, 0.29) is 17.6 Å². The van der Waals surface area contributed by atoms with Crippen molar-refractivity contribution in [1.29, 1.82) is 0 Å². The second-order valence-corrected chi connectivity index (χ2v) is 6.38. The SMILES string of the molecule is COC[C@@H](C)NC(=O)Cn1c(C(F)(F)F)nc2c(cnn2-c2ccccc2)c1=O. The van der Waals surface area contributed by atoms with Crippen molar-refractivity contribution in [2.45, 2.75) is 25.7 Å². The number of ether oxygens (including phenoxy) is 1. The van der Waals surface area contributed by atoms with Crippen LogP contribution < -0.4 is 10.9 Å². The number of alkyl halides is 3. The molecular weight excluding hydrogens is 391 g/mol. The highest BCUT2D eigenvalue weighted by Gasteiger charge is 2.38. The molecule has 8 nitrogen and oxygen atoms in total. The third-order valence-electron chi connectivity index (χ3n) is 4.07. The van der Waals surface area contributed by atoms with E-state index in [0.717, 1.165) is 10.9 Å². The summed E-state index contributed by atoms with van der Waals surface area (Å²) in [6.45, 7) is 0.968. The minimum atomic E-state index is -4.95. The smallest absolute Gasteiger partial charge is 0.383 e. The molecule has 0 radical (unpaired) electrons. The fourth-order valence-corrected chi connectivity index (χ4v) is 2.88. The Kier molecular flexibility index (Phi) is 5.69. The number of fused-ring (bicyclic) bond motifs is 1. The van der Waals surface area contributed by atoms with Crippen molar-refractivity contribution < 1.29 is 22.7 Å². The van der Waals surface area contributed by atoms with Crippen molar-refractivity contribution in [2.75, 3.05) is 13.7 Å². The van der Waals surface area contributed by atoms with Crippen molar-refractivity contribution in [3.63, 3.8) is 0 Å². The van der Waals surface area contributed by atoms with Gasteiger partial charge in [-0.1, -0.05) is 18.2 Å². The number of hydrogen-bond acceptors (Lipinski definition) is 5. The molecule has 1 N–H and O–H groups in total. The molecule has 29 heavy (non-hydrogen) atoms. The van der Waals surface area contributed by atoms with Gasteiger partial charge in [-0.15, -0.1) is 0 Å². The maximum atomic E-state index is 13.6. The topological polar surface area (TPSA) is 91.0 Å². The lowest BCUT2D eigenvalue weighted by Crippen LogP contribution is -2.41. The van der Waals surface area contributed by atoms with Gasteiger partial charge in [-0.25, -0.2) is 9.67 Å². The van der Waals surface area contributed by atoms with Crippen LogP contribution in [0, 0.1) is 0 Å². The molecule has 1 atom stereocenters. The van der Waals surface area contributed by atoms with Crippen molar-refractivity contribution in [3.8, 4) is 5.69 Å². The Balaban J connectivity index is 2.10. The van der Waals surface area contributed by atoms with Crippen LogP contribution in [-0.2, 0) is 22.3 Å². The lowest BCUT2D eigenvalue weighted by Gasteiger charge is -2.17. The molecule has 0 bridgehead atoms. The van der Waals surface area contributed by atoms with E-state index in [1.807, 2.05) is 0 Å². The highest BCUT2D eigenvalue weighted by molar-refractivity contribution is 5.78. The third kappa shape index (κ3) is 4.29. The van der Waals surface area contributed by atoms with Gasteiger partial charge in [-0.05, 0) is 19.1 Å². The Morgan fingerprint density at radius 2 is 1.97 bits per heavy atom. The van der Waals surface area contributed by atoms with E-state index in [4.69, 9.17) is 4.74 Å². The fourth-order valence-electron chi connectivity index (χ4n) is 2.88. The van der Waals surface area contributed by atoms with E-state index in [2.05, 4.69) is 15.4 Å². The molecule has 154 valence electrons. The first-order chi connectivity index (χ1) is 13.7. The molecule has 3 rings (SSSR count). The number of benzene rings is 1. The van der Waals surface area contributed by atoms with Gasteiger partial charge in [0.15, 0.2) is 5.65 Å². The van der Waals surface area contributed by atoms with Crippen LogP contribution in [0.4, 0.5) is 13.2 Å². The monoisotopic (exact) mass is 409 g/mol. The number of carbonyl (C=O) groups is 1. The van der Waals surface area contributed by atoms with Crippen LogP contribution in [0.15, 0.2) is 41.3 Å². The second-order valence-electron chi connectivity index (χ2n) is 6.38. The number of rotatable bonds is 6. The van der Waals surface area contributed by atoms with Crippen LogP contribution >= 0.6 is 0 Å². The number of aromatic nitrogens is 4. The summed E-state index contributed by atoms with van der Waals surface area (Å²) >= 11 is 0. The lowest BCUT2D eigenvalue weighted by molar-refractivity contribution is -0.148. The first kappa shape index (κ1) is 20.5. The van der Waals surface area contributed by atoms with E-state index in [0.29, 0.717) is 10.3 Å². The van der Waals surface area contributed by atoms with E-state index >= 15 is 0 Å². The summed E-state index contributed by atoms with van der Waals surface area (Å²) in [4.78, 5) is 28.5. The number of amides is 1. The van der Waals surface area contributed by atoms with Gasteiger partial charge in [-0.3, -0.25) is 14.2 Å². The molecule has 11 heteroatoms. The molecule has 1 aromatic carbocycles. The van der Waals surface area contributed by atoms with Gasteiger partial charge in [0.2, 0.25) is 11.7 Å². The number of hydrogen-bond donors (Lipinski definition) is 1. The Hall–Kier alpha value is -3.21. The third-order valence-corrected chi connectivity index (χ3v) is 4.07. The molecule has 3 aromatic rings. The summed E-state index contributed by atoms with van der Waals surface area (Å²) in [5.41, 5.74) is -0.789. The van der Waals surface area contributed by atoms with Crippen LogP contribution in [0.2, 0.25) is 0 Å². The maximum Gasteiger partial charge on any atom is 0.449 e. The highest BCUT2D eigenvalue weighted by atomic mass is 19.4. The van der Waals surface area contributed by atoms with Crippen LogP contribution in [0.1, 0.15) is 12.7 Å². The Bertz CT molecular complexity index is 1080. The lowest BCUT2D eigenvalue weighted by atomic mass is 10.3. The van der Waals surface area contributed by atoms with Crippen molar-refractivity contribution in [2.24, 2.45) is 0 Å². The molecule has 0 fully saturated rings. The van der Waals surface area contributed by atoms with Gasteiger partial charge in [-0.2, -0.15) is 18.3 Å². The van der Waals surface area contributed by atoms with E-state index in [1.54, 1.807) is 37.3 Å². The number of nitrogens with one attached hydrogen (secondary N) is 1. The van der Waals surface area contributed by atoms with Gasteiger partial charge in [0.1, 0.15) is 11.9 Å². The van der Waals surface area contributed by atoms with Gasteiger partial charge in [0.25, 0.3) is 5.56 Å². The molecular formula is C18H18F3N5O3. The number of halogens is 3. The molecule has 0 unspecified atom stereocenters. The standard InChI is InChI=1S/C18H18F3N5O3/c1-11(10-29-2)23-14(27)9-25-16(28)13-8-22-26(12-6-4-3-5-7-12)15(13)24-17(25)18(19,20)21/h3-8,11H,9-10H2,1-2H3,(H,23,27)/t11-/m1/s1. The van der Waals surface area contributed by atoms with E-state index < -0.39 is 36.1 Å². The number of carbonyl (C=O) groups excluding carboxylic acids is 1. The zero-order valence-corrected chi connectivity index (χ0v) is 15.6. The largest absolute Gasteiger partial charge is 0.449 e. The van der Waals surface area contributed by atoms with Crippen LogP contribution in [-0.4, -0.2) is 45.0 Å². The summed E-state index contributed by atoms with van der Waals surface area (Å²) in [7, 11) is 1.43. The first-order valence-electron chi connectivity index (χ1n) is 8.62. The highest BCUT2D eigenvalue weighted by Crippen LogP contribution is 2.28. The van der Waals surface area contributed by atoms with Gasteiger partial charge in [0, 0.05) is 13.2 Å². The van der Waals surface area contributed by atoms with E-state index in [1.165, 1.54) is 7.11 Å². The van der Waals surface area contributed by atoms with Gasteiger partial charge < -0.3 is 10.1 Å². The number of nitrogens with zero attached hydrogens (tertiary/aromatic N) is 4. The zero-order chi connectivity index (χ0) is 21.2. The number of methoxy groups -OCH3 is 1. The zero-order valence-electron chi connectivity index (χ0n) is 15.6.